The minimum atomic E-state index is 0.0767. The maximum absolute atomic E-state index is 12.6. The Hall–Kier alpha value is -1.55. The van der Waals surface area contributed by atoms with Crippen molar-refractivity contribution in [1.82, 2.24) is 5.32 Å². The summed E-state index contributed by atoms with van der Waals surface area (Å²) in [5.41, 5.74) is 1.91. The number of anilines is 1. The quantitative estimate of drug-likeness (QED) is 0.926. The zero-order chi connectivity index (χ0) is 14.2. The van der Waals surface area contributed by atoms with Gasteiger partial charge in [0.25, 0.3) is 5.91 Å². The van der Waals surface area contributed by atoms with E-state index in [1.807, 2.05) is 18.2 Å². The number of benzene rings is 1. The fourth-order valence-corrected chi connectivity index (χ4v) is 3.91. The summed E-state index contributed by atoms with van der Waals surface area (Å²) in [5.74, 6) is 0.612. The molecule has 2 aliphatic heterocycles. The van der Waals surface area contributed by atoms with Crippen LogP contribution in [0, 0.1) is 5.92 Å². The predicted octanol–water partition coefficient (Wildman–Crippen LogP) is 2.19. The molecule has 1 aromatic rings. The minimum absolute atomic E-state index is 0.0767. The number of ether oxygens (including phenoxy) is 1. The number of carbonyl (C=O) groups is 1. The van der Waals surface area contributed by atoms with E-state index in [1.54, 1.807) is 0 Å². The fraction of sp³-hybridized carbons (Fsp3) is 0.588. The van der Waals surface area contributed by atoms with E-state index in [2.05, 4.69) is 16.3 Å². The van der Waals surface area contributed by atoms with Gasteiger partial charge in [-0.15, -0.1) is 0 Å². The lowest BCUT2D eigenvalue weighted by molar-refractivity contribution is 0.00811. The molecule has 1 saturated carbocycles. The van der Waals surface area contributed by atoms with Crippen LogP contribution in [-0.4, -0.2) is 37.7 Å². The first-order valence-electron chi connectivity index (χ1n) is 8.09. The second-order valence-electron chi connectivity index (χ2n) is 6.39. The van der Waals surface area contributed by atoms with Crippen molar-refractivity contribution in [3.63, 3.8) is 0 Å². The number of carbonyl (C=O) groups excluding carboxylic acids is 1. The van der Waals surface area contributed by atoms with E-state index in [-0.39, 0.29) is 5.91 Å². The van der Waals surface area contributed by atoms with Crippen LogP contribution >= 0.6 is 0 Å². The van der Waals surface area contributed by atoms with Crippen molar-refractivity contribution in [2.24, 2.45) is 5.92 Å². The maximum Gasteiger partial charge on any atom is 0.253 e. The van der Waals surface area contributed by atoms with E-state index >= 15 is 0 Å². The molecule has 0 radical (unpaired) electrons. The highest BCUT2D eigenvalue weighted by Crippen LogP contribution is 2.38. The van der Waals surface area contributed by atoms with Gasteiger partial charge < -0.3 is 15.0 Å². The summed E-state index contributed by atoms with van der Waals surface area (Å²) in [7, 11) is 0. The van der Waals surface area contributed by atoms with Gasteiger partial charge in [0.2, 0.25) is 0 Å². The topological polar surface area (TPSA) is 41.6 Å². The molecular weight excluding hydrogens is 264 g/mol. The van der Waals surface area contributed by atoms with Crippen molar-refractivity contribution < 1.29 is 9.53 Å². The van der Waals surface area contributed by atoms with Crippen LogP contribution in [0.5, 0.6) is 0 Å². The lowest BCUT2D eigenvalue weighted by Crippen LogP contribution is -2.53. The summed E-state index contributed by atoms with van der Waals surface area (Å²) in [6.07, 6.45) is 4.90. The summed E-state index contributed by atoms with van der Waals surface area (Å²) in [6, 6.07) is 8.30. The zero-order valence-electron chi connectivity index (χ0n) is 12.3. The van der Waals surface area contributed by atoms with Gasteiger partial charge in [-0.3, -0.25) is 4.79 Å². The number of rotatable bonds is 3. The molecule has 3 aliphatic rings. The Morgan fingerprint density at radius 2 is 2.05 bits per heavy atom. The third-order valence-electron chi connectivity index (χ3n) is 5.18. The van der Waals surface area contributed by atoms with E-state index in [0.717, 1.165) is 43.8 Å². The molecule has 2 heterocycles. The van der Waals surface area contributed by atoms with Gasteiger partial charge in [0.05, 0.1) is 11.7 Å². The second kappa shape index (κ2) is 5.34. The van der Waals surface area contributed by atoms with Crippen LogP contribution < -0.4 is 10.2 Å². The van der Waals surface area contributed by atoms with Gasteiger partial charge in [-0.2, -0.15) is 0 Å². The average Bonchev–Trinajstić information content (AvgIpc) is 3.14. The Balaban J connectivity index is 1.49. The molecule has 3 fully saturated rings. The molecule has 0 bridgehead atoms. The number of para-hydroxylation sites is 1. The largest absolute Gasteiger partial charge is 0.378 e. The standard InChI is InChI=1S/C17H22N2O2/c20-17(18-14-11-16-12(14)7-10-21-16)13-5-1-2-6-15(13)19-8-3-4-9-19/h1-2,5-6,12,14,16H,3-4,7-11H2,(H,18,20)/t12-,14-,16+/m1/s1. The molecule has 1 aromatic carbocycles. The molecule has 0 spiro atoms. The second-order valence-corrected chi connectivity index (χ2v) is 6.39. The maximum atomic E-state index is 12.6. The minimum Gasteiger partial charge on any atom is -0.378 e. The summed E-state index contributed by atoms with van der Waals surface area (Å²) < 4.78 is 5.61. The molecule has 4 heteroatoms. The molecule has 1 aliphatic carbocycles. The number of hydrogen-bond acceptors (Lipinski definition) is 3. The first kappa shape index (κ1) is 13.1. The molecular formula is C17H22N2O2. The lowest BCUT2D eigenvalue weighted by atomic mass is 9.76. The molecule has 1 amide bonds. The Labute approximate surface area is 125 Å². The summed E-state index contributed by atoms with van der Waals surface area (Å²) in [5, 5.41) is 3.22. The Morgan fingerprint density at radius 3 is 2.86 bits per heavy atom. The summed E-state index contributed by atoms with van der Waals surface area (Å²) in [4.78, 5) is 15.0. The molecule has 0 aromatic heterocycles. The molecule has 112 valence electrons. The van der Waals surface area contributed by atoms with Crippen molar-refractivity contribution in [2.75, 3.05) is 24.6 Å². The molecule has 4 rings (SSSR count). The van der Waals surface area contributed by atoms with Gasteiger partial charge in [0.15, 0.2) is 0 Å². The van der Waals surface area contributed by atoms with Crippen LogP contribution in [0.2, 0.25) is 0 Å². The fourth-order valence-electron chi connectivity index (χ4n) is 3.91. The van der Waals surface area contributed by atoms with Crippen molar-refractivity contribution in [2.45, 2.75) is 37.8 Å². The van der Waals surface area contributed by atoms with Gasteiger partial charge in [-0.1, -0.05) is 12.1 Å². The predicted molar refractivity (Wildman–Crippen MR) is 81.6 cm³/mol. The molecule has 0 unspecified atom stereocenters. The first-order valence-corrected chi connectivity index (χ1v) is 8.09. The number of nitrogens with one attached hydrogen (secondary N) is 1. The average molecular weight is 286 g/mol. The highest BCUT2D eigenvalue weighted by atomic mass is 16.5. The van der Waals surface area contributed by atoms with Crippen LogP contribution in [0.25, 0.3) is 0 Å². The number of nitrogens with zero attached hydrogens (tertiary/aromatic N) is 1. The van der Waals surface area contributed by atoms with Gasteiger partial charge in [0, 0.05) is 37.3 Å². The molecule has 4 nitrogen and oxygen atoms in total. The Kier molecular flexibility index (Phi) is 3.34. The number of amides is 1. The van der Waals surface area contributed by atoms with E-state index in [4.69, 9.17) is 4.74 Å². The highest BCUT2D eigenvalue weighted by molar-refractivity contribution is 6.00. The van der Waals surface area contributed by atoms with Gasteiger partial charge >= 0.3 is 0 Å². The monoisotopic (exact) mass is 286 g/mol. The zero-order valence-corrected chi connectivity index (χ0v) is 12.3. The molecule has 1 N–H and O–H groups in total. The normalized spacial score (nSPS) is 30.9. The van der Waals surface area contributed by atoms with Crippen LogP contribution in [0.1, 0.15) is 36.0 Å². The number of fused-ring (bicyclic) bond motifs is 1. The third-order valence-corrected chi connectivity index (χ3v) is 5.18. The van der Waals surface area contributed by atoms with Crippen molar-refractivity contribution in [3.8, 4) is 0 Å². The molecule has 2 saturated heterocycles. The summed E-state index contributed by atoms with van der Waals surface area (Å²) in [6.45, 7) is 2.98. The SMILES string of the molecule is O=C(N[C@@H]1C[C@@H]2OCC[C@@H]21)c1ccccc1N1CCCC1. The van der Waals surface area contributed by atoms with E-state index in [0.29, 0.717) is 18.1 Å². The molecule has 3 atom stereocenters. The third kappa shape index (κ3) is 2.31. The van der Waals surface area contributed by atoms with Gasteiger partial charge in [-0.05, 0) is 37.8 Å². The Morgan fingerprint density at radius 1 is 1.24 bits per heavy atom. The van der Waals surface area contributed by atoms with Crippen LogP contribution in [0.3, 0.4) is 0 Å². The summed E-state index contributed by atoms with van der Waals surface area (Å²) >= 11 is 0. The van der Waals surface area contributed by atoms with E-state index in [9.17, 15) is 4.79 Å². The highest BCUT2D eigenvalue weighted by Gasteiger charge is 2.45. The smallest absolute Gasteiger partial charge is 0.253 e. The van der Waals surface area contributed by atoms with Gasteiger partial charge in [0.1, 0.15) is 0 Å². The molecule has 21 heavy (non-hydrogen) atoms. The van der Waals surface area contributed by atoms with Crippen molar-refractivity contribution >= 4 is 11.6 Å². The van der Waals surface area contributed by atoms with E-state index < -0.39 is 0 Å². The van der Waals surface area contributed by atoms with Crippen LogP contribution in [-0.2, 0) is 4.74 Å². The van der Waals surface area contributed by atoms with Crippen molar-refractivity contribution in [3.05, 3.63) is 29.8 Å². The van der Waals surface area contributed by atoms with Crippen LogP contribution in [0.15, 0.2) is 24.3 Å². The first-order chi connectivity index (χ1) is 10.3. The Bertz CT molecular complexity index is 539. The van der Waals surface area contributed by atoms with Crippen LogP contribution in [0.4, 0.5) is 5.69 Å². The lowest BCUT2D eigenvalue weighted by Gasteiger charge is -2.39. The van der Waals surface area contributed by atoms with Crippen molar-refractivity contribution in [1.29, 1.82) is 0 Å². The number of hydrogen-bond donors (Lipinski definition) is 1. The van der Waals surface area contributed by atoms with E-state index in [1.165, 1.54) is 12.8 Å². The van der Waals surface area contributed by atoms with Gasteiger partial charge in [-0.25, -0.2) is 0 Å².